The van der Waals surface area contributed by atoms with Crippen LogP contribution in [-0.4, -0.2) is 35.3 Å². The lowest BCUT2D eigenvalue weighted by Crippen LogP contribution is -2.36. The van der Waals surface area contributed by atoms with Crippen LogP contribution in [0.15, 0.2) is 48.5 Å². The highest BCUT2D eigenvalue weighted by molar-refractivity contribution is 5.89. The Kier molecular flexibility index (Phi) is 6.14. The molecule has 1 saturated heterocycles. The largest absolute Gasteiger partial charge is 0.456 e. The second-order valence-corrected chi connectivity index (χ2v) is 11.6. The zero-order chi connectivity index (χ0) is 23.9. The topological polar surface area (TPSA) is 46.6 Å². The van der Waals surface area contributed by atoms with Crippen molar-refractivity contribution >= 4 is 11.8 Å². The van der Waals surface area contributed by atoms with Gasteiger partial charge in [0.05, 0.1) is 5.56 Å². The number of fused-ring (bicyclic) bond motifs is 2. The number of carbonyl (C=O) groups excluding carboxylic acids is 2. The van der Waals surface area contributed by atoms with E-state index < -0.39 is 5.60 Å². The van der Waals surface area contributed by atoms with E-state index in [1.165, 1.54) is 36.0 Å². The predicted octanol–water partition coefficient (Wildman–Crippen LogP) is 5.72. The van der Waals surface area contributed by atoms with Crippen molar-refractivity contribution in [2.45, 2.75) is 76.9 Å². The minimum absolute atomic E-state index is 0.222. The molecule has 2 unspecified atom stereocenters. The smallest absolute Gasteiger partial charge is 0.338 e. The molecular weight excluding hydrogens is 422 g/mol. The number of ether oxygens (including phenoxy) is 1. The van der Waals surface area contributed by atoms with E-state index in [2.05, 4.69) is 29.2 Å². The number of piperidine rings is 1. The van der Waals surface area contributed by atoms with Crippen molar-refractivity contribution in [1.82, 2.24) is 4.90 Å². The number of Topliss-reactive ketones (excluding diaryl/α,β-unsaturated/α-hetero) is 1. The number of ketones is 1. The molecule has 1 heterocycles. The lowest BCUT2D eigenvalue weighted by atomic mass is 9.87. The Morgan fingerprint density at radius 3 is 2.44 bits per heavy atom. The van der Waals surface area contributed by atoms with Gasteiger partial charge in [0.15, 0.2) is 0 Å². The molecule has 2 aromatic rings. The van der Waals surface area contributed by atoms with Crippen molar-refractivity contribution in [1.29, 1.82) is 0 Å². The van der Waals surface area contributed by atoms with E-state index >= 15 is 0 Å². The number of benzene rings is 2. The Labute approximate surface area is 203 Å². The minimum Gasteiger partial charge on any atom is -0.456 e. The summed E-state index contributed by atoms with van der Waals surface area (Å²) in [6, 6.07) is 16.6. The average molecular weight is 460 g/mol. The van der Waals surface area contributed by atoms with Gasteiger partial charge in [-0.1, -0.05) is 36.4 Å². The minimum atomic E-state index is -0.487. The summed E-state index contributed by atoms with van der Waals surface area (Å²) >= 11 is 0. The Hall–Kier alpha value is -2.46. The third-order valence-electron chi connectivity index (χ3n) is 8.11. The van der Waals surface area contributed by atoms with Crippen LogP contribution < -0.4 is 0 Å². The molecule has 2 atom stereocenters. The molecule has 34 heavy (non-hydrogen) atoms. The number of aryl methyl sites for hydroxylation is 1. The van der Waals surface area contributed by atoms with E-state index in [9.17, 15) is 9.59 Å². The first-order valence-electron chi connectivity index (χ1n) is 12.9. The summed E-state index contributed by atoms with van der Waals surface area (Å²) in [5.41, 5.74) is 4.64. The number of carbonyl (C=O) groups is 2. The zero-order valence-corrected chi connectivity index (χ0v) is 20.8. The first-order valence-corrected chi connectivity index (χ1v) is 12.9. The SMILES string of the molecule is CC(C)(C)OC(=O)c1ccc(CN2CCC(C(=O)CC3CC34CCc3ccccc34)CC2)cc1. The molecule has 0 bridgehead atoms. The van der Waals surface area contributed by atoms with Crippen molar-refractivity contribution in [3.63, 3.8) is 0 Å². The summed E-state index contributed by atoms with van der Waals surface area (Å²) in [6.07, 6.45) is 6.31. The molecule has 2 fully saturated rings. The molecular formula is C30H37NO3. The Balaban J connectivity index is 1.08. The number of hydrogen-bond acceptors (Lipinski definition) is 4. The van der Waals surface area contributed by atoms with E-state index in [4.69, 9.17) is 4.74 Å². The molecule has 4 heteroatoms. The number of nitrogens with zero attached hydrogens (tertiary/aromatic N) is 1. The van der Waals surface area contributed by atoms with Crippen LogP contribution in [0.3, 0.4) is 0 Å². The van der Waals surface area contributed by atoms with Crippen molar-refractivity contribution in [2.75, 3.05) is 13.1 Å². The number of likely N-dealkylation sites (tertiary alicyclic amines) is 1. The summed E-state index contributed by atoms with van der Waals surface area (Å²) in [6.45, 7) is 8.42. The van der Waals surface area contributed by atoms with Crippen LogP contribution in [0.25, 0.3) is 0 Å². The molecule has 1 saturated carbocycles. The van der Waals surface area contributed by atoms with E-state index in [1.54, 1.807) is 0 Å². The second-order valence-electron chi connectivity index (χ2n) is 11.6. The van der Waals surface area contributed by atoms with E-state index in [-0.39, 0.29) is 11.9 Å². The fourth-order valence-electron chi connectivity index (χ4n) is 6.16. The summed E-state index contributed by atoms with van der Waals surface area (Å²) in [7, 11) is 0. The molecule has 5 rings (SSSR count). The Morgan fingerprint density at radius 2 is 1.74 bits per heavy atom. The van der Waals surface area contributed by atoms with Crippen LogP contribution in [0.2, 0.25) is 0 Å². The van der Waals surface area contributed by atoms with Gasteiger partial charge in [0.1, 0.15) is 11.4 Å². The highest BCUT2D eigenvalue weighted by Gasteiger charge is 2.58. The second kappa shape index (κ2) is 8.96. The molecule has 3 aliphatic rings. The van der Waals surface area contributed by atoms with Crippen LogP contribution in [0.1, 0.15) is 79.9 Å². The van der Waals surface area contributed by atoms with Crippen molar-refractivity contribution < 1.29 is 14.3 Å². The average Bonchev–Trinajstić information content (AvgIpc) is 3.37. The van der Waals surface area contributed by atoms with Gasteiger partial charge in [-0.3, -0.25) is 9.69 Å². The maximum absolute atomic E-state index is 13.1. The van der Waals surface area contributed by atoms with Gasteiger partial charge in [0.25, 0.3) is 0 Å². The van der Waals surface area contributed by atoms with E-state index in [0.717, 1.165) is 38.9 Å². The third kappa shape index (κ3) is 4.84. The summed E-state index contributed by atoms with van der Waals surface area (Å²) in [5, 5.41) is 0. The predicted molar refractivity (Wildman–Crippen MR) is 134 cm³/mol. The lowest BCUT2D eigenvalue weighted by molar-refractivity contribution is -0.124. The molecule has 2 aliphatic carbocycles. The quantitative estimate of drug-likeness (QED) is 0.519. The number of esters is 1. The number of hydrogen-bond donors (Lipinski definition) is 0. The molecule has 4 nitrogen and oxygen atoms in total. The van der Waals surface area contributed by atoms with Gasteiger partial charge in [-0.15, -0.1) is 0 Å². The van der Waals surface area contributed by atoms with Gasteiger partial charge in [-0.05, 0) is 106 Å². The Bertz CT molecular complexity index is 1060. The molecule has 0 aromatic heterocycles. The van der Waals surface area contributed by atoms with Crippen molar-refractivity contribution in [3.8, 4) is 0 Å². The van der Waals surface area contributed by atoms with Gasteiger partial charge in [-0.2, -0.15) is 0 Å². The van der Waals surface area contributed by atoms with Gasteiger partial charge < -0.3 is 4.74 Å². The lowest BCUT2D eigenvalue weighted by Gasteiger charge is -2.31. The highest BCUT2D eigenvalue weighted by Crippen LogP contribution is 2.63. The molecule has 0 radical (unpaired) electrons. The first kappa shape index (κ1) is 23.3. The first-order chi connectivity index (χ1) is 16.2. The van der Waals surface area contributed by atoms with Gasteiger partial charge in [0, 0.05) is 18.9 Å². The highest BCUT2D eigenvalue weighted by atomic mass is 16.6. The molecule has 180 valence electrons. The van der Waals surface area contributed by atoms with Crippen LogP contribution in [0.4, 0.5) is 0 Å². The van der Waals surface area contributed by atoms with Crippen LogP contribution in [0.5, 0.6) is 0 Å². The van der Waals surface area contributed by atoms with Gasteiger partial charge in [0.2, 0.25) is 0 Å². The molecule has 1 aliphatic heterocycles. The fraction of sp³-hybridized carbons (Fsp3) is 0.533. The standard InChI is InChI=1S/C30H37NO3/c1-29(2,3)34-28(33)24-10-8-21(9-11-24)20-31-16-13-23(14-17-31)27(32)18-25-19-30(25)15-12-22-6-4-5-7-26(22)30/h4-11,23,25H,12-20H2,1-3H3. The van der Waals surface area contributed by atoms with Gasteiger partial charge in [-0.25, -0.2) is 4.79 Å². The van der Waals surface area contributed by atoms with E-state index in [0.29, 0.717) is 22.7 Å². The van der Waals surface area contributed by atoms with E-state index in [1.807, 2.05) is 45.0 Å². The number of rotatable bonds is 6. The molecule has 0 amide bonds. The maximum atomic E-state index is 13.1. The van der Waals surface area contributed by atoms with Crippen LogP contribution >= 0.6 is 0 Å². The molecule has 2 aromatic carbocycles. The normalized spacial score (nSPS) is 24.7. The van der Waals surface area contributed by atoms with Gasteiger partial charge >= 0.3 is 5.97 Å². The summed E-state index contributed by atoms with van der Waals surface area (Å²) < 4.78 is 5.45. The monoisotopic (exact) mass is 459 g/mol. The van der Waals surface area contributed by atoms with Crippen molar-refractivity contribution in [3.05, 3.63) is 70.8 Å². The summed E-state index contributed by atoms with van der Waals surface area (Å²) in [4.78, 5) is 27.8. The maximum Gasteiger partial charge on any atom is 0.338 e. The molecule has 0 N–H and O–H groups in total. The Morgan fingerprint density at radius 1 is 1.03 bits per heavy atom. The zero-order valence-electron chi connectivity index (χ0n) is 20.8. The summed E-state index contributed by atoms with van der Waals surface area (Å²) in [5.74, 6) is 0.995. The molecule has 1 spiro atoms. The van der Waals surface area contributed by atoms with Crippen LogP contribution in [-0.2, 0) is 27.9 Å². The fourth-order valence-corrected chi connectivity index (χ4v) is 6.16. The third-order valence-corrected chi connectivity index (χ3v) is 8.11. The van der Waals surface area contributed by atoms with Crippen LogP contribution in [0, 0.1) is 11.8 Å². The van der Waals surface area contributed by atoms with Crippen molar-refractivity contribution in [2.24, 2.45) is 11.8 Å².